The van der Waals surface area contributed by atoms with Gasteiger partial charge in [-0.1, -0.05) is 60.3 Å². The van der Waals surface area contributed by atoms with E-state index in [-0.39, 0.29) is 37.6 Å². The summed E-state index contributed by atoms with van der Waals surface area (Å²) in [6.07, 6.45) is 1.01. The number of ether oxygens (including phenoxy) is 2. The van der Waals surface area contributed by atoms with Gasteiger partial charge in [0.15, 0.2) is 11.4 Å². The molecule has 0 saturated carbocycles. The topological polar surface area (TPSA) is 147 Å². The zero-order valence-electron chi connectivity index (χ0n) is 19.5. The molecule has 1 aromatic heterocycles. The lowest BCUT2D eigenvalue weighted by molar-refractivity contribution is -0.245. The number of hydrogen-bond acceptors (Lipinski definition) is 8. The SMILES string of the molecule is O=C(O)CCC(=O)NCc1ccc(C2OC(CSc3ncn[nH]3)CC(c3ccc(CO)cc3)O2)cc1. The number of nitrogens with one attached hydrogen (secondary N) is 2. The fourth-order valence-electron chi connectivity index (χ4n) is 3.76. The highest BCUT2D eigenvalue weighted by molar-refractivity contribution is 7.99. The zero-order chi connectivity index (χ0) is 25.3. The van der Waals surface area contributed by atoms with Crippen LogP contribution in [-0.2, 0) is 32.2 Å². The van der Waals surface area contributed by atoms with Crippen LogP contribution in [0.5, 0.6) is 0 Å². The number of aliphatic hydroxyl groups excluding tert-OH is 1. The predicted molar refractivity (Wildman–Crippen MR) is 131 cm³/mol. The van der Waals surface area contributed by atoms with E-state index in [1.165, 1.54) is 18.1 Å². The number of aromatic nitrogens is 3. The van der Waals surface area contributed by atoms with Crippen LogP contribution in [0, 0.1) is 0 Å². The Bertz CT molecular complexity index is 1120. The lowest BCUT2D eigenvalue weighted by atomic mass is 10.0. The Morgan fingerprint density at radius 3 is 2.42 bits per heavy atom. The van der Waals surface area contributed by atoms with Crippen LogP contribution in [0.2, 0.25) is 0 Å². The van der Waals surface area contributed by atoms with Crippen molar-refractivity contribution >= 4 is 23.6 Å². The van der Waals surface area contributed by atoms with Gasteiger partial charge in [0, 0.05) is 30.7 Å². The van der Waals surface area contributed by atoms with Crippen molar-refractivity contribution in [1.29, 1.82) is 0 Å². The predicted octanol–water partition coefficient (Wildman–Crippen LogP) is 3.12. The quantitative estimate of drug-likeness (QED) is 0.285. The number of aromatic amines is 1. The molecule has 3 atom stereocenters. The molecule has 1 aliphatic rings. The van der Waals surface area contributed by atoms with Crippen LogP contribution in [0.4, 0.5) is 0 Å². The Kier molecular flexibility index (Phi) is 9.06. The van der Waals surface area contributed by atoms with Crippen LogP contribution in [0.1, 0.15) is 53.9 Å². The zero-order valence-corrected chi connectivity index (χ0v) is 20.3. The average Bonchev–Trinajstić information content (AvgIpc) is 3.43. The van der Waals surface area contributed by atoms with Crippen LogP contribution >= 0.6 is 11.8 Å². The maximum Gasteiger partial charge on any atom is 0.303 e. The van der Waals surface area contributed by atoms with Gasteiger partial charge in [-0.15, -0.1) is 0 Å². The van der Waals surface area contributed by atoms with Crippen molar-refractivity contribution in [2.75, 3.05) is 5.75 Å². The molecule has 0 radical (unpaired) electrons. The first-order chi connectivity index (χ1) is 17.5. The Morgan fingerprint density at radius 1 is 1.03 bits per heavy atom. The highest BCUT2D eigenvalue weighted by atomic mass is 32.2. The number of benzene rings is 2. The molecule has 1 fully saturated rings. The number of nitrogens with zero attached hydrogens (tertiary/aromatic N) is 2. The normalized spacial score (nSPS) is 19.6. The third kappa shape index (κ3) is 7.37. The van der Waals surface area contributed by atoms with Crippen LogP contribution in [0.3, 0.4) is 0 Å². The molecule has 3 unspecified atom stereocenters. The highest BCUT2D eigenvalue weighted by Gasteiger charge is 2.32. The Labute approximate surface area is 212 Å². The van der Waals surface area contributed by atoms with Crippen LogP contribution in [0.15, 0.2) is 60.0 Å². The second-order valence-electron chi connectivity index (χ2n) is 8.36. The summed E-state index contributed by atoms with van der Waals surface area (Å²) in [6, 6.07) is 15.3. The molecule has 4 rings (SSSR count). The van der Waals surface area contributed by atoms with Gasteiger partial charge in [-0.3, -0.25) is 14.7 Å². The molecule has 4 N–H and O–H groups in total. The van der Waals surface area contributed by atoms with Crippen molar-refractivity contribution in [1.82, 2.24) is 20.5 Å². The molecular formula is C25H28N4O6S. The Balaban J connectivity index is 1.42. The third-order valence-electron chi connectivity index (χ3n) is 5.72. The first kappa shape index (κ1) is 25.8. The van der Waals surface area contributed by atoms with Crippen molar-refractivity contribution in [3.63, 3.8) is 0 Å². The number of aliphatic carboxylic acids is 1. The molecule has 0 spiro atoms. The molecule has 11 heteroatoms. The molecule has 0 aliphatic carbocycles. The van der Waals surface area contributed by atoms with Crippen LogP contribution in [0.25, 0.3) is 0 Å². The van der Waals surface area contributed by atoms with Gasteiger partial charge in [0.25, 0.3) is 0 Å². The summed E-state index contributed by atoms with van der Waals surface area (Å²) in [6.45, 7) is 0.293. The maximum atomic E-state index is 11.8. The first-order valence-electron chi connectivity index (χ1n) is 11.6. The van der Waals surface area contributed by atoms with Crippen LogP contribution in [-0.4, -0.2) is 49.1 Å². The van der Waals surface area contributed by atoms with Crippen molar-refractivity contribution in [3.8, 4) is 0 Å². The maximum absolute atomic E-state index is 11.8. The molecule has 0 bridgehead atoms. The van der Waals surface area contributed by atoms with Gasteiger partial charge in [0.05, 0.1) is 25.2 Å². The number of carboxylic acid groups (broad SMARTS) is 1. The van der Waals surface area contributed by atoms with E-state index in [2.05, 4.69) is 20.5 Å². The van der Waals surface area contributed by atoms with E-state index >= 15 is 0 Å². The summed E-state index contributed by atoms with van der Waals surface area (Å²) in [5.74, 6) is -0.634. The van der Waals surface area contributed by atoms with Gasteiger partial charge in [0.2, 0.25) is 5.91 Å². The summed E-state index contributed by atoms with van der Waals surface area (Å²) in [5.41, 5.74) is 3.58. The molecule has 3 aromatic rings. The number of rotatable bonds is 11. The molecule has 2 aromatic carbocycles. The summed E-state index contributed by atoms with van der Waals surface area (Å²) in [7, 11) is 0. The molecule has 1 saturated heterocycles. The van der Waals surface area contributed by atoms with Gasteiger partial charge in [-0.05, 0) is 16.7 Å². The number of carbonyl (C=O) groups excluding carboxylic acids is 1. The summed E-state index contributed by atoms with van der Waals surface area (Å²) >= 11 is 1.53. The van der Waals surface area contributed by atoms with E-state index < -0.39 is 12.3 Å². The van der Waals surface area contributed by atoms with Crippen molar-refractivity contribution < 1.29 is 29.3 Å². The number of carboxylic acids is 1. The van der Waals surface area contributed by atoms with Gasteiger partial charge in [0.1, 0.15) is 6.33 Å². The summed E-state index contributed by atoms with van der Waals surface area (Å²) < 4.78 is 12.6. The molecule has 2 heterocycles. The molecule has 1 aliphatic heterocycles. The van der Waals surface area contributed by atoms with Crippen molar-refractivity contribution in [3.05, 3.63) is 77.1 Å². The van der Waals surface area contributed by atoms with Crippen molar-refractivity contribution in [2.45, 2.75) is 56.1 Å². The van der Waals surface area contributed by atoms with E-state index in [9.17, 15) is 14.7 Å². The van der Waals surface area contributed by atoms with Crippen LogP contribution < -0.4 is 5.32 Å². The van der Waals surface area contributed by atoms with Gasteiger partial charge < -0.3 is 25.0 Å². The van der Waals surface area contributed by atoms with Gasteiger partial charge in [-0.25, -0.2) is 4.98 Å². The smallest absolute Gasteiger partial charge is 0.303 e. The summed E-state index contributed by atoms with van der Waals surface area (Å²) in [4.78, 5) is 26.6. The number of thioether (sulfide) groups is 1. The number of carbonyl (C=O) groups is 2. The van der Waals surface area contributed by atoms with Gasteiger partial charge >= 0.3 is 5.97 Å². The molecule has 36 heavy (non-hydrogen) atoms. The Morgan fingerprint density at radius 2 is 1.75 bits per heavy atom. The molecular weight excluding hydrogens is 484 g/mol. The summed E-state index contributed by atoms with van der Waals surface area (Å²) in [5, 5.41) is 28.2. The highest BCUT2D eigenvalue weighted by Crippen LogP contribution is 2.39. The van der Waals surface area contributed by atoms with Crippen molar-refractivity contribution in [2.24, 2.45) is 0 Å². The van der Waals surface area contributed by atoms with Gasteiger partial charge in [-0.2, -0.15) is 5.10 Å². The van der Waals surface area contributed by atoms with E-state index in [4.69, 9.17) is 14.6 Å². The van der Waals surface area contributed by atoms with E-state index in [0.717, 1.165) is 27.4 Å². The molecule has 10 nitrogen and oxygen atoms in total. The number of H-pyrrole nitrogens is 1. The number of amides is 1. The van der Waals surface area contributed by atoms with E-state index in [1.54, 1.807) is 0 Å². The average molecular weight is 513 g/mol. The first-order valence-corrected chi connectivity index (χ1v) is 12.5. The standard InChI is InChI=1S/C25H28N4O6S/c30-13-17-3-5-18(6-4-17)21-11-20(14-36-25-27-15-28-29-25)34-24(35-21)19-7-1-16(2-8-19)12-26-22(31)9-10-23(32)33/h1-8,15,20-21,24,30H,9-14H2,(H,26,31)(H,32,33)(H,27,28,29). The van der Waals surface area contributed by atoms with E-state index in [0.29, 0.717) is 18.7 Å². The minimum Gasteiger partial charge on any atom is -0.481 e. The van der Waals surface area contributed by atoms with E-state index in [1.807, 2.05) is 48.5 Å². The third-order valence-corrected chi connectivity index (χ3v) is 6.73. The number of aliphatic hydroxyl groups is 1. The monoisotopic (exact) mass is 512 g/mol. The fourth-order valence-corrected chi connectivity index (χ4v) is 4.56. The molecule has 190 valence electrons. The second-order valence-corrected chi connectivity index (χ2v) is 9.37. The second kappa shape index (κ2) is 12.6. The number of hydrogen-bond donors (Lipinski definition) is 4. The largest absolute Gasteiger partial charge is 0.481 e. The lowest BCUT2D eigenvalue weighted by Crippen LogP contribution is -2.31. The minimum atomic E-state index is -0.998. The molecule has 1 amide bonds. The Hall–Kier alpha value is -3.25. The fraction of sp³-hybridized carbons (Fsp3) is 0.360. The lowest BCUT2D eigenvalue weighted by Gasteiger charge is -2.36. The minimum absolute atomic E-state index is 0.0135.